The number of hydrogen-bond acceptors (Lipinski definition) is 4. The van der Waals surface area contributed by atoms with Crippen molar-refractivity contribution in [1.29, 1.82) is 0 Å². The molecule has 0 atom stereocenters. The first-order valence-corrected chi connectivity index (χ1v) is 8.36. The Labute approximate surface area is 126 Å². The van der Waals surface area contributed by atoms with Crippen LogP contribution in [0.3, 0.4) is 0 Å². The van der Waals surface area contributed by atoms with Gasteiger partial charge in [0.2, 0.25) is 0 Å². The van der Waals surface area contributed by atoms with E-state index in [9.17, 15) is 0 Å². The zero-order chi connectivity index (χ0) is 15.6. The van der Waals surface area contributed by atoms with Crippen LogP contribution in [0.4, 0.5) is 0 Å². The minimum absolute atomic E-state index is 0.279. The standard InChI is InChI=1S/C10H23NO.C6H15NO/c1-3-5-7-11(9-10-12)8-6-4-2;1-3-7(4-2)5-6-8/h12H,3-10H2,1-2H3;8H,3-6H2,1-2H3. The highest BCUT2D eigenvalue weighted by molar-refractivity contribution is 4.56. The van der Waals surface area contributed by atoms with Gasteiger partial charge < -0.3 is 20.0 Å². The Hall–Kier alpha value is -0.160. The van der Waals surface area contributed by atoms with Crippen LogP contribution >= 0.6 is 0 Å². The minimum Gasteiger partial charge on any atom is -0.395 e. The van der Waals surface area contributed by atoms with E-state index in [-0.39, 0.29) is 6.61 Å². The summed E-state index contributed by atoms with van der Waals surface area (Å²) in [4.78, 5) is 4.53. The normalized spacial score (nSPS) is 10.8. The van der Waals surface area contributed by atoms with Gasteiger partial charge in [0.25, 0.3) is 0 Å². The fourth-order valence-corrected chi connectivity index (χ4v) is 1.92. The third-order valence-corrected chi connectivity index (χ3v) is 3.38. The molecule has 0 amide bonds. The maximum Gasteiger partial charge on any atom is 0.0558 e. The summed E-state index contributed by atoms with van der Waals surface area (Å²) in [5.74, 6) is 0. The van der Waals surface area contributed by atoms with Crippen molar-refractivity contribution in [1.82, 2.24) is 9.80 Å². The van der Waals surface area contributed by atoms with Gasteiger partial charge in [-0.25, -0.2) is 0 Å². The predicted molar refractivity (Wildman–Crippen MR) is 88.2 cm³/mol. The maximum absolute atomic E-state index is 8.79. The van der Waals surface area contributed by atoms with Crippen molar-refractivity contribution < 1.29 is 10.2 Å². The number of likely N-dealkylation sites (N-methyl/N-ethyl adjacent to an activating group) is 1. The Balaban J connectivity index is 0. The number of aliphatic hydroxyl groups is 2. The van der Waals surface area contributed by atoms with Crippen LogP contribution in [0, 0.1) is 0 Å². The van der Waals surface area contributed by atoms with Crippen LogP contribution in [0.25, 0.3) is 0 Å². The predicted octanol–water partition coefficient (Wildman–Crippen LogP) is 2.20. The quantitative estimate of drug-likeness (QED) is 0.578. The monoisotopic (exact) mass is 290 g/mol. The molecule has 0 saturated carbocycles. The van der Waals surface area contributed by atoms with Gasteiger partial charge in [-0.2, -0.15) is 0 Å². The molecule has 0 rings (SSSR count). The van der Waals surface area contributed by atoms with E-state index < -0.39 is 0 Å². The molecular weight excluding hydrogens is 252 g/mol. The van der Waals surface area contributed by atoms with E-state index in [1.54, 1.807) is 0 Å². The van der Waals surface area contributed by atoms with Crippen LogP contribution in [0.15, 0.2) is 0 Å². The Morgan fingerprint density at radius 1 is 0.600 bits per heavy atom. The van der Waals surface area contributed by atoms with E-state index in [1.165, 1.54) is 25.7 Å². The third-order valence-electron chi connectivity index (χ3n) is 3.38. The topological polar surface area (TPSA) is 46.9 Å². The second-order valence-electron chi connectivity index (χ2n) is 5.02. The zero-order valence-electron chi connectivity index (χ0n) is 14.3. The smallest absolute Gasteiger partial charge is 0.0558 e. The summed E-state index contributed by atoms with van der Waals surface area (Å²) in [6.45, 7) is 15.2. The van der Waals surface area contributed by atoms with E-state index >= 15 is 0 Å². The summed E-state index contributed by atoms with van der Waals surface area (Å²) in [6, 6.07) is 0. The van der Waals surface area contributed by atoms with Crippen LogP contribution in [0.5, 0.6) is 0 Å². The minimum atomic E-state index is 0.279. The maximum atomic E-state index is 8.79. The molecule has 0 aliphatic carbocycles. The lowest BCUT2D eigenvalue weighted by Crippen LogP contribution is -2.28. The molecule has 0 saturated heterocycles. The molecule has 0 aromatic rings. The lowest BCUT2D eigenvalue weighted by atomic mass is 10.2. The van der Waals surface area contributed by atoms with Crippen molar-refractivity contribution >= 4 is 0 Å². The highest BCUT2D eigenvalue weighted by Gasteiger charge is 2.01. The van der Waals surface area contributed by atoms with Crippen LogP contribution in [-0.4, -0.2) is 72.5 Å². The summed E-state index contributed by atoms with van der Waals surface area (Å²) >= 11 is 0. The van der Waals surface area contributed by atoms with Gasteiger partial charge in [-0.05, 0) is 39.0 Å². The zero-order valence-corrected chi connectivity index (χ0v) is 14.3. The lowest BCUT2D eigenvalue weighted by Gasteiger charge is -2.20. The average molecular weight is 290 g/mol. The van der Waals surface area contributed by atoms with E-state index in [2.05, 4.69) is 37.5 Å². The number of aliphatic hydroxyl groups excluding tert-OH is 2. The molecule has 0 radical (unpaired) electrons. The van der Waals surface area contributed by atoms with Gasteiger partial charge in [0.05, 0.1) is 13.2 Å². The molecule has 20 heavy (non-hydrogen) atoms. The van der Waals surface area contributed by atoms with Gasteiger partial charge in [-0.3, -0.25) is 0 Å². The molecule has 0 aromatic carbocycles. The first-order chi connectivity index (χ1) is 9.69. The van der Waals surface area contributed by atoms with Gasteiger partial charge in [-0.1, -0.05) is 40.5 Å². The number of nitrogens with zero attached hydrogens (tertiary/aromatic N) is 2. The molecule has 0 heterocycles. The van der Waals surface area contributed by atoms with Gasteiger partial charge >= 0.3 is 0 Å². The van der Waals surface area contributed by atoms with Crippen molar-refractivity contribution in [2.24, 2.45) is 0 Å². The Morgan fingerprint density at radius 2 is 1.00 bits per heavy atom. The molecule has 0 aliphatic heterocycles. The second kappa shape index (κ2) is 18.8. The molecule has 0 spiro atoms. The lowest BCUT2D eigenvalue weighted by molar-refractivity contribution is 0.192. The molecule has 0 fully saturated rings. The Bertz CT molecular complexity index is 157. The van der Waals surface area contributed by atoms with Crippen molar-refractivity contribution in [3.05, 3.63) is 0 Å². The van der Waals surface area contributed by atoms with Gasteiger partial charge in [0.1, 0.15) is 0 Å². The third kappa shape index (κ3) is 15.9. The molecule has 0 unspecified atom stereocenters. The molecule has 2 N–H and O–H groups in total. The Morgan fingerprint density at radius 3 is 1.25 bits per heavy atom. The molecule has 124 valence electrons. The van der Waals surface area contributed by atoms with Crippen LogP contribution in [-0.2, 0) is 0 Å². The highest BCUT2D eigenvalue weighted by Crippen LogP contribution is 1.97. The van der Waals surface area contributed by atoms with Crippen LogP contribution in [0.1, 0.15) is 53.4 Å². The van der Waals surface area contributed by atoms with Gasteiger partial charge in [-0.15, -0.1) is 0 Å². The fourth-order valence-electron chi connectivity index (χ4n) is 1.92. The van der Waals surface area contributed by atoms with Gasteiger partial charge in [0.15, 0.2) is 0 Å². The van der Waals surface area contributed by atoms with Crippen molar-refractivity contribution in [3.8, 4) is 0 Å². The summed E-state index contributed by atoms with van der Waals surface area (Å²) in [6.07, 6.45) is 5.00. The molecule has 0 aromatic heterocycles. The molecule has 4 nitrogen and oxygen atoms in total. The van der Waals surface area contributed by atoms with Crippen molar-refractivity contribution in [2.45, 2.75) is 53.4 Å². The van der Waals surface area contributed by atoms with Crippen LogP contribution in [0.2, 0.25) is 0 Å². The van der Waals surface area contributed by atoms with Crippen molar-refractivity contribution in [2.75, 3.05) is 52.5 Å². The molecule has 0 aliphatic rings. The average Bonchev–Trinajstić information content (AvgIpc) is 2.48. The summed E-state index contributed by atoms with van der Waals surface area (Å²) < 4.78 is 0. The SMILES string of the molecule is CCCCN(CCO)CCCC.CCN(CC)CCO. The summed E-state index contributed by atoms with van der Waals surface area (Å²) in [5.41, 5.74) is 0. The largest absolute Gasteiger partial charge is 0.395 e. The molecule has 4 heteroatoms. The number of rotatable bonds is 12. The highest BCUT2D eigenvalue weighted by atomic mass is 16.3. The fraction of sp³-hybridized carbons (Fsp3) is 1.00. The number of hydrogen-bond donors (Lipinski definition) is 2. The second-order valence-corrected chi connectivity index (χ2v) is 5.02. The van der Waals surface area contributed by atoms with Crippen molar-refractivity contribution in [3.63, 3.8) is 0 Å². The van der Waals surface area contributed by atoms with E-state index in [4.69, 9.17) is 10.2 Å². The first kappa shape index (κ1) is 22.1. The van der Waals surface area contributed by atoms with E-state index in [0.717, 1.165) is 39.3 Å². The summed E-state index contributed by atoms with van der Waals surface area (Å²) in [7, 11) is 0. The molecular formula is C16H38N2O2. The van der Waals surface area contributed by atoms with E-state index in [0.29, 0.717) is 6.61 Å². The van der Waals surface area contributed by atoms with E-state index in [1.807, 2.05) is 0 Å². The Kier molecular flexibility index (Phi) is 20.8. The summed E-state index contributed by atoms with van der Waals surface area (Å²) in [5, 5.41) is 17.3. The first-order valence-electron chi connectivity index (χ1n) is 8.36. The molecule has 0 bridgehead atoms. The van der Waals surface area contributed by atoms with Gasteiger partial charge in [0, 0.05) is 13.1 Å². The van der Waals surface area contributed by atoms with Crippen LogP contribution < -0.4 is 0 Å². The number of unbranched alkanes of at least 4 members (excludes halogenated alkanes) is 2.